The van der Waals surface area contributed by atoms with Crippen molar-refractivity contribution in [2.75, 3.05) is 13.2 Å². The van der Waals surface area contributed by atoms with Gasteiger partial charge in [-0.05, 0) is 56.2 Å². The third-order valence-corrected chi connectivity index (χ3v) is 5.07. The third kappa shape index (κ3) is 3.92. The molecule has 0 radical (unpaired) electrons. The van der Waals surface area contributed by atoms with Crippen LogP contribution in [-0.2, 0) is 11.3 Å². The van der Waals surface area contributed by atoms with Crippen molar-refractivity contribution < 1.29 is 13.9 Å². The summed E-state index contributed by atoms with van der Waals surface area (Å²) in [7, 11) is 0. The van der Waals surface area contributed by atoms with Crippen LogP contribution in [0.25, 0.3) is 10.2 Å². The van der Waals surface area contributed by atoms with Gasteiger partial charge in [0.15, 0.2) is 4.80 Å². The highest BCUT2D eigenvalue weighted by molar-refractivity contribution is 7.16. The standard InChI is InChI=1S/C20H21FN2O2S/c1-4-25-9-8-23-18-14(3)10-13(2)11-17(18)26-20(23)22-19(24)15-6-5-7-16(21)12-15/h5-7,10-12H,4,8-9H2,1-3H3. The van der Waals surface area contributed by atoms with Crippen molar-refractivity contribution in [1.82, 2.24) is 4.57 Å². The number of halogens is 1. The molecule has 1 amide bonds. The zero-order valence-electron chi connectivity index (χ0n) is 15.1. The molecule has 0 aliphatic carbocycles. The van der Waals surface area contributed by atoms with Gasteiger partial charge in [-0.3, -0.25) is 4.79 Å². The first-order valence-corrected chi connectivity index (χ1v) is 9.34. The molecule has 0 aliphatic rings. The molecular formula is C20H21FN2O2S. The maximum Gasteiger partial charge on any atom is 0.279 e. The number of nitrogens with zero attached hydrogens (tertiary/aromatic N) is 2. The fraction of sp³-hybridized carbons (Fsp3) is 0.300. The maximum atomic E-state index is 13.4. The molecule has 0 fully saturated rings. The van der Waals surface area contributed by atoms with E-state index in [9.17, 15) is 9.18 Å². The average molecular weight is 372 g/mol. The lowest BCUT2D eigenvalue weighted by molar-refractivity contribution is 0.0996. The van der Waals surface area contributed by atoms with Gasteiger partial charge in [0.05, 0.1) is 16.8 Å². The van der Waals surface area contributed by atoms with E-state index in [0.29, 0.717) is 24.6 Å². The zero-order valence-corrected chi connectivity index (χ0v) is 15.9. The van der Waals surface area contributed by atoms with E-state index in [1.807, 2.05) is 18.4 Å². The van der Waals surface area contributed by atoms with E-state index < -0.39 is 11.7 Å². The number of ether oxygens (including phenoxy) is 1. The molecule has 1 aromatic heterocycles. The number of carbonyl (C=O) groups excluding carboxylic acids is 1. The highest BCUT2D eigenvalue weighted by atomic mass is 32.1. The summed E-state index contributed by atoms with van der Waals surface area (Å²) in [6.07, 6.45) is 0. The Balaban J connectivity index is 2.12. The van der Waals surface area contributed by atoms with Gasteiger partial charge in [-0.25, -0.2) is 4.39 Å². The number of aryl methyl sites for hydroxylation is 2. The molecule has 0 saturated carbocycles. The lowest BCUT2D eigenvalue weighted by Gasteiger charge is -2.08. The van der Waals surface area contributed by atoms with Gasteiger partial charge in [0, 0.05) is 18.7 Å². The molecular weight excluding hydrogens is 351 g/mol. The number of hydrogen-bond donors (Lipinski definition) is 0. The topological polar surface area (TPSA) is 43.6 Å². The predicted molar refractivity (Wildman–Crippen MR) is 102 cm³/mol. The Hall–Kier alpha value is -2.31. The van der Waals surface area contributed by atoms with Gasteiger partial charge in [-0.1, -0.05) is 23.5 Å². The molecule has 0 atom stereocenters. The Labute approximate surface area is 155 Å². The highest BCUT2D eigenvalue weighted by Gasteiger charge is 2.12. The average Bonchev–Trinajstić information content (AvgIpc) is 2.92. The number of carbonyl (C=O) groups is 1. The van der Waals surface area contributed by atoms with Crippen molar-refractivity contribution in [3.05, 3.63) is 63.7 Å². The first-order chi connectivity index (χ1) is 12.5. The van der Waals surface area contributed by atoms with E-state index >= 15 is 0 Å². The third-order valence-electron chi connectivity index (χ3n) is 4.04. The minimum Gasteiger partial charge on any atom is -0.380 e. The van der Waals surface area contributed by atoms with Crippen molar-refractivity contribution >= 4 is 27.5 Å². The normalized spacial score (nSPS) is 12.1. The van der Waals surface area contributed by atoms with Gasteiger partial charge < -0.3 is 9.30 Å². The van der Waals surface area contributed by atoms with Crippen LogP contribution in [0.3, 0.4) is 0 Å². The van der Waals surface area contributed by atoms with Crippen LogP contribution in [0.2, 0.25) is 0 Å². The molecule has 0 spiro atoms. The molecule has 0 N–H and O–H groups in total. The van der Waals surface area contributed by atoms with E-state index in [2.05, 4.69) is 24.0 Å². The second kappa shape index (κ2) is 7.93. The van der Waals surface area contributed by atoms with Crippen LogP contribution < -0.4 is 4.80 Å². The van der Waals surface area contributed by atoms with Crippen LogP contribution in [0.4, 0.5) is 4.39 Å². The summed E-state index contributed by atoms with van der Waals surface area (Å²) >= 11 is 1.46. The van der Waals surface area contributed by atoms with E-state index in [1.54, 1.807) is 6.07 Å². The number of fused-ring (bicyclic) bond motifs is 1. The summed E-state index contributed by atoms with van der Waals surface area (Å²) < 4.78 is 22.0. The second-order valence-corrected chi connectivity index (χ2v) is 7.10. The largest absolute Gasteiger partial charge is 0.380 e. The Bertz CT molecular complexity index is 1020. The fourth-order valence-corrected chi connectivity index (χ4v) is 4.19. The fourth-order valence-electron chi connectivity index (χ4n) is 2.96. The molecule has 0 saturated heterocycles. The van der Waals surface area contributed by atoms with Gasteiger partial charge >= 0.3 is 0 Å². The van der Waals surface area contributed by atoms with Gasteiger partial charge in [0.25, 0.3) is 5.91 Å². The van der Waals surface area contributed by atoms with Crippen LogP contribution in [0.5, 0.6) is 0 Å². The Morgan fingerprint density at radius 2 is 2.08 bits per heavy atom. The maximum absolute atomic E-state index is 13.4. The Morgan fingerprint density at radius 3 is 2.81 bits per heavy atom. The van der Waals surface area contributed by atoms with Gasteiger partial charge in [0.2, 0.25) is 0 Å². The SMILES string of the molecule is CCOCCn1c(=NC(=O)c2cccc(F)c2)sc2cc(C)cc(C)c21. The van der Waals surface area contributed by atoms with Gasteiger partial charge in [-0.15, -0.1) is 0 Å². The van der Waals surface area contributed by atoms with Crippen molar-refractivity contribution in [2.24, 2.45) is 4.99 Å². The van der Waals surface area contributed by atoms with Crippen LogP contribution in [0, 0.1) is 19.7 Å². The number of amides is 1. The monoisotopic (exact) mass is 372 g/mol. The Morgan fingerprint density at radius 1 is 1.27 bits per heavy atom. The number of hydrogen-bond acceptors (Lipinski definition) is 3. The van der Waals surface area contributed by atoms with Crippen LogP contribution in [0.1, 0.15) is 28.4 Å². The lowest BCUT2D eigenvalue weighted by atomic mass is 10.1. The number of aromatic nitrogens is 1. The summed E-state index contributed by atoms with van der Waals surface area (Å²) in [6, 6.07) is 9.81. The number of thiazole rings is 1. The van der Waals surface area contributed by atoms with E-state index in [-0.39, 0.29) is 5.56 Å². The van der Waals surface area contributed by atoms with Crippen molar-refractivity contribution in [3.63, 3.8) is 0 Å². The number of benzene rings is 2. The van der Waals surface area contributed by atoms with Gasteiger partial charge in [-0.2, -0.15) is 4.99 Å². The zero-order chi connectivity index (χ0) is 18.7. The predicted octanol–water partition coefficient (Wildman–Crippen LogP) is 4.24. The molecule has 2 aromatic carbocycles. The van der Waals surface area contributed by atoms with E-state index in [4.69, 9.17) is 4.74 Å². The second-order valence-electron chi connectivity index (χ2n) is 6.09. The lowest BCUT2D eigenvalue weighted by Crippen LogP contribution is -2.20. The van der Waals surface area contributed by atoms with E-state index in [1.165, 1.54) is 29.5 Å². The number of rotatable bonds is 5. The molecule has 0 aliphatic heterocycles. The molecule has 4 nitrogen and oxygen atoms in total. The van der Waals surface area contributed by atoms with Crippen LogP contribution >= 0.6 is 11.3 Å². The first-order valence-electron chi connectivity index (χ1n) is 8.52. The van der Waals surface area contributed by atoms with Crippen molar-refractivity contribution in [2.45, 2.75) is 27.3 Å². The molecule has 0 bridgehead atoms. The summed E-state index contributed by atoms with van der Waals surface area (Å²) in [4.78, 5) is 17.4. The highest BCUT2D eigenvalue weighted by Crippen LogP contribution is 2.23. The minimum absolute atomic E-state index is 0.242. The quantitative estimate of drug-likeness (QED) is 0.629. The molecule has 26 heavy (non-hydrogen) atoms. The summed E-state index contributed by atoms with van der Waals surface area (Å²) in [5.74, 6) is -0.895. The van der Waals surface area contributed by atoms with Gasteiger partial charge in [0.1, 0.15) is 5.82 Å². The van der Waals surface area contributed by atoms with E-state index in [0.717, 1.165) is 21.3 Å². The smallest absolute Gasteiger partial charge is 0.279 e. The summed E-state index contributed by atoms with van der Waals surface area (Å²) in [6.45, 7) is 7.83. The molecule has 6 heteroatoms. The summed E-state index contributed by atoms with van der Waals surface area (Å²) in [5, 5.41) is 0. The molecule has 136 valence electrons. The Kier molecular flexibility index (Phi) is 5.64. The first kappa shape index (κ1) is 18.5. The van der Waals surface area contributed by atoms with Crippen LogP contribution in [-0.4, -0.2) is 23.7 Å². The molecule has 0 unspecified atom stereocenters. The minimum atomic E-state index is -0.449. The van der Waals surface area contributed by atoms with Crippen LogP contribution in [0.15, 0.2) is 41.4 Å². The van der Waals surface area contributed by atoms with Crippen molar-refractivity contribution in [1.29, 1.82) is 0 Å². The molecule has 1 heterocycles. The molecule has 3 aromatic rings. The molecule has 3 rings (SSSR count). The van der Waals surface area contributed by atoms with Crippen molar-refractivity contribution in [3.8, 4) is 0 Å². The summed E-state index contributed by atoms with van der Waals surface area (Å²) in [5.41, 5.74) is 3.60.